The minimum atomic E-state index is -0.224. The molecule has 0 aliphatic carbocycles. The van der Waals surface area contributed by atoms with E-state index in [4.69, 9.17) is 10.1 Å². The number of thiophene rings is 1. The van der Waals surface area contributed by atoms with Gasteiger partial charge in [-0.3, -0.25) is 14.3 Å². The van der Waals surface area contributed by atoms with E-state index < -0.39 is 0 Å². The molecule has 0 fully saturated rings. The molecule has 0 unspecified atom stereocenters. The number of hydrogen-bond donors (Lipinski definition) is 0. The molecule has 1 amide bonds. The van der Waals surface area contributed by atoms with Gasteiger partial charge in [0.1, 0.15) is 0 Å². The van der Waals surface area contributed by atoms with Gasteiger partial charge in [0.2, 0.25) is 4.80 Å². The molecule has 10 heteroatoms. The van der Waals surface area contributed by atoms with Crippen LogP contribution in [0.5, 0.6) is 0 Å². The summed E-state index contributed by atoms with van der Waals surface area (Å²) in [5, 5.41) is 8.79. The van der Waals surface area contributed by atoms with Crippen LogP contribution < -0.4 is 15.3 Å². The number of nitrogens with zero attached hydrogens (tertiary/aromatic N) is 6. The lowest BCUT2D eigenvalue weighted by atomic mass is 10.1. The van der Waals surface area contributed by atoms with Gasteiger partial charge >= 0.3 is 0 Å². The van der Waals surface area contributed by atoms with E-state index in [1.807, 2.05) is 91.5 Å². The highest BCUT2D eigenvalue weighted by Gasteiger charge is 2.31. The quantitative estimate of drug-likeness (QED) is 0.345. The summed E-state index contributed by atoms with van der Waals surface area (Å²) >= 11 is 2.95. The fourth-order valence-corrected chi connectivity index (χ4v) is 6.02. The monoisotopic (exact) mass is 526 g/mol. The Balaban J connectivity index is 1.59. The van der Waals surface area contributed by atoms with Crippen molar-refractivity contribution < 1.29 is 4.79 Å². The second kappa shape index (κ2) is 8.99. The summed E-state index contributed by atoms with van der Waals surface area (Å²) in [7, 11) is 3.58. The van der Waals surface area contributed by atoms with Gasteiger partial charge in [0.15, 0.2) is 11.4 Å². The first-order chi connectivity index (χ1) is 18.0. The van der Waals surface area contributed by atoms with Gasteiger partial charge in [-0.2, -0.15) is 5.10 Å². The fourth-order valence-electron chi connectivity index (χ4n) is 4.39. The van der Waals surface area contributed by atoms with Crippen LogP contribution in [0, 0.1) is 6.92 Å². The second-order valence-corrected chi connectivity index (χ2v) is 10.3. The molecule has 0 atom stereocenters. The molecule has 4 heterocycles. The van der Waals surface area contributed by atoms with Crippen LogP contribution >= 0.6 is 22.7 Å². The van der Waals surface area contributed by atoms with Crippen LogP contribution in [-0.2, 0) is 11.8 Å². The average molecular weight is 527 g/mol. The lowest BCUT2D eigenvalue weighted by Gasteiger charge is -2.07. The standard InChI is InChI=1S/C27H22N6O2S2/c1-17-23(26(35)33(31(17)3)18-10-5-4-6-11-18)28-27-32(21(16-37-27)22-14-9-15-36-22)29-24-19-12-7-8-13-20(19)30(2)25(24)34/h4-16H,1-3H3. The summed E-state index contributed by atoms with van der Waals surface area (Å²) in [6.45, 7) is 1.87. The van der Waals surface area contributed by atoms with Crippen LogP contribution in [0.15, 0.2) is 92.4 Å². The molecule has 3 aromatic heterocycles. The molecular formula is C27H22N6O2S2. The van der Waals surface area contributed by atoms with Crippen molar-refractivity contribution in [3.05, 3.63) is 104 Å². The van der Waals surface area contributed by atoms with Gasteiger partial charge in [-0.05, 0) is 36.6 Å². The minimum Gasteiger partial charge on any atom is -0.309 e. The second-order valence-electron chi connectivity index (χ2n) is 8.54. The topological polar surface area (TPSA) is 76.9 Å². The summed E-state index contributed by atoms with van der Waals surface area (Å²) in [4.78, 5) is 34.6. The van der Waals surface area contributed by atoms with Crippen molar-refractivity contribution >= 4 is 45.7 Å². The lowest BCUT2D eigenvalue weighted by molar-refractivity contribution is -0.112. The Labute approximate surface area is 220 Å². The van der Waals surface area contributed by atoms with E-state index in [1.165, 1.54) is 11.3 Å². The number of thiazole rings is 1. The summed E-state index contributed by atoms with van der Waals surface area (Å²) in [5.41, 5.74) is 4.30. The van der Waals surface area contributed by atoms with Crippen LogP contribution in [0.2, 0.25) is 0 Å². The number of likely N-dealkylation sites (N-methyl/N-ethyl adjacent to an activating group) is 1. The van der Waals surface area contributed by atoms with Crippen molar-refractivity contribution in [1.29, 1.82) is 0 Å². The van der Waals surface area contributed by atoms with E-state index in [-0.39, 0.29) is 11.5 Å². The third-order valence-corrected chi connectivity index (χ3v) is 8.13. The van der Waals surface area contributed by atoms with E-state index in [0.29, 0.717) is 16.2 Å². The molecule has 0 bridgehead atoms. The summed E-state index contributed by atoms with van der Waals surface area (Å²) in [5.74, 6) is -0.190. The predicted octanol–water partition coefficient (Wildman–Crippen LogP) is 4.54. The van der Waals surface area contributed by atoms with Crippen LogP contribution in [0.4, 0.5) is 11.4 Å². The molecule has 0 saturated heterocycles. The highest BCUT2D eigenvalue weighted by Crippen LogP contribution is 2.30. The molecule has 8 nitrogen and oxygen atoms in total. The SMILES string of the molecule is Cc1c(N=c2scc(-c3cccs3)n2N=C2C(=O)N(C)c3ccccc32)c(=O)n(-c2ccccc2)n1C. The zero-order valence-corrected chi connectivity index (χ0v) is 22.0. The van der Waals surface area contributed by atoms with Gasteiger partial charge in [-0.15, -0.1) is 22.7 Å². The Morgan fingerprint density at radius 3 is 2.38 bits per heavy atom. The summed E-state index contributed by atoms with van der Waals surface area (Å²) < 4.78 is 5.08. The zero-order valence-electron chi connectivity index (χ0n) is 20.3. The Bertz CT molecular complexity index is 1800. The maximum Gasteiger partial charge on any atom is 0.297 e. The van der Waals surface area contributed by atoms with E-state index in [0.717, 1.165) is 33.2 Å². The molecule has 5 aromatic rings. The van der Waals surface area contributed by atoms with E-state index in [9.17, 15) is 9.59 Å². The summed E-state index contributed by atoms with van der Waals surface area (Å²) in [6.07, 6.45) is 0. The van der Waals surface area contributed by atoms with Gasteiger partial charge in [0.25, 0.3) is 11.5 Å². The van der Waals surface area contributed by atoms with E-state index in [2.05, 4.69) is 0 Å². The number of anilines is 1. The number of carbonyl (C=O) groups is 1. The molecular weight excluding hydrogens is 504 g/mol. The zero-order chi connectivity index (χ0) is 25.7. The Kier molecular flexibility index (Phi) is 5.62. The fraction of sp³-hybridized carbons (Fsp3) is 0.111. The number of benzene rings is 2. The molecule has 6 rings (SSSR count). The van der Waals surface area contributed by atoms with E-state index in [1.54, 1.807) is 37.3 Å². The molecule has 37 heavy (non-hydrogen) atoms. The van der Waals surface area contributed by atoms with Crippen molar-refractivity contribution in [2.24, 2.45) is 17.1 Å². The number of carbonyl (C=O) groups excluding carboxylic acids is 1. The maximum atomic E-state index is 13.5. The van der Waals surface area contributed by atoms with Crippen LogP contribution in [0.1, 0.15) is 11.3 Å². The molecule has 0 N–H and O–H groups in total. The number of rotatable bonds is 4. The van der Waals surface area contributed by atoms with Crippen molar-refractivity contribution in [3.8, 4) is 16.3 Å². The molecule has 0 saturated carbocycles. The minimum absolute atomic E-state index is 0.190. The third kappa shape index (κ3) is 3.73. The highest BCUT2D eigenvalue weighted by atomic mass is 32.1. The first-order valence-electron chi connectivity index (χ1n) is 11.6. The van der Waals surface area contributed by atoms with Crippen LogP contribution in [0.3, 0.4) is 0 Å². The number of fused-ring (bicyclic) bond motifs is 1. The molecule has 1 aliphatic heterocycles. The highest BCUT2D eigenvalue weighted by molar-refractivity contribution is 7.14. The van der Waals surface area contributed by atoms with Crippen molar-refractivity contribution in [2.75, 3.05) is 11.9 Å². The maximum absolute atomic E-state index is 13.5. The third-order valence-electron chi connectivity index (χ3n) is 6.42. The molecule has 0 radical (unpaired) electrons. The molecule has 0 spiro atoms. The molecule has 2 aromatic carbocycles. The van der Waals surface area contributed by atoms with Crippen LogP contribution in [-0.4, -0.2) is 32.7 Å². The first-order valence-corrected chi connectivity index (χ1v) is 13.3. The van der Waals surface area contributed by atoms with Gasteiger partial charge < -0.3 is 4.90 Å². The Morgan fingerprint density at radius 1 is 0.865 bits per heavy atom. The molecule has 1 aliphatic rings. The van der Waals surface area contributed by atoms with Crippen molar-refractivity contribution in [1.82, 2.24) is 14.0 Å². The van der Waals surface area contributed by atoms with Crippen molar-refractivity contribution in [2.45, 2.75) is 6.92 Å². The van der Waals surface area contributed by atoms with Gasteiger partial charge in [0.05, 0.1) is 27.6 Å². The summed E-state index contributed by atoms with van der Waals surface area (Å²) in [6, 6.07) is 21.0. The van der Waals surface area contributed by atoms with Gasteiger partial charge in [0, 0.05) is 25.0 Å². The average Bonchev–Trinajstić information content (AvgIpc) is 3.67. The largest absolute Gasteiger partial charge is 0.309 e. The number of para-hydroxylation sites is 2. The number of aromatic nitrogens is 3. The van der Waals surface area contributed by atoms with Gasteiger partial charge in [-0.25, -0.2) is 14.4 Å². The number of amides is 1. The van der Waals surface area contributed by atoms with Crippen molar-refractivity contribution in [3.63, 3.8) is 0 Å². The van der Waals surface area contributed by atoms with Crippen LogP contribution in [0.25, 0.3) is 16.3 Å². The normalized spacial score (nSPS) is 14.7. The Hall–Kier alpha value is -4.28. The first kappa shape index (κ1) is 23.1. The van der Waals surface area contributed by atoms with E-state index >= 15 is 0 Å². The number of hydrogen-bond acceptors (Lipinski definition) is 6. The molecule has 184 valence electrons. The van der Waals surface area contributed by atoms with Gasteiger partial charge in [-0.1, -0.05) is 42.5 Å². The smallest absolute Gasteiger partial charge is 0.297 e. The Morgan fingerprint density at radius 2 is 1.62 bits per heavy atom. The predicted molar refractivity (Wildman–Crippen MR) is 148 cm³/mol. The lowest BCUT2D eigenvalue weighted by Crippen LogP contribution is -2.27.